The van der Waals surface area contributed by atoms with E-state index in [1.54, 1.807) is 0 Å². The van der Waals surface area contributed by atoms with Gasteiger partial charge in [-0.25, -0.2) is 0 Å². The molecule has 1 heterocycles. The van der Waals surface area contributed by atoms with Crippen molar-refractivity contribution in [3.63, 3.8) is 0 Å². The smallest absolute Gasteiger partial charge is 0.0167 e. The Morgan fingerprint density at radius 1 is 0.479 bits per heavy atom. The molecule has 1 aromatic heterocycles. The molecule has 239 valence electrons. The number of fused-ring (bicyclic) bond motifs is 1. The number of aromatic nitrogens is 1. The molecule has 0 bridgehead atoms. The van der Waals surface area contributed by atoms with E-state index in [0.29, 0.717) is 0 Å². The van der Waals surface area contributed by atoms with Gasteiger partial charge < -0.3 is 4.98 Å². The van der Waals surface area contributed by atoms with Gasteiger partial charge in [-0.05, 0) is 90.7 Å². The largest absolute Gasteiger partial charge is 0.304 e. The summed E-state index contributed by atoms with van der Waals surface area (Å²) >= 11 is 0. The minimum absolute atomic E-state index is 0. The van der Waals surface area contributed by atoms with Gasteiger partial charge in [0.1, 0.15) is 0 Å². The van der Waals surface area contributed by atoms with Crippen molar-refractivity contribution in [3.8, 4) is 44.6 Å². The molecule has 48 heavy (non-hydrogen) atoms. The summed E-state index contributed by atoms with van der Waals surface area (Å²) < 4.78 is 0. The topological polar surface area (TPSA) is 12.9 Å². The zero-order chi connectivity index (χ0) is 32.6. The summed E-state index contributed by atoms with van der Waals surface area (Å²) in [6.45, 7) is 11.4. The van der Waals surface area contributed by atoms with Crippen LogP contribution in [0.5, 0.6) is 0 Å². The fourth-order valence-electron chi connectivity index (χ4n) is 6.51. The van der Waals surface area contributed by atoms with E-state index < -0.39 is 0 Å². The third kappa shape index (κ3) is 6.70. The molecule has 0 fully saturated rings. The Kier molecular flexibility index (Phi) is 9.35. The Morgan fingerprint density at radius 2 is 1.02 bits per heavy atom. The summed E-state index contributed by atoms with van der Waals surface area (Å²) in [4.78, 5) is 4.79. The monoisotopic (exact) mass is 799 g/mol. The van der Waals surface area contributed by atoms with Gasteiger partial charge >= 0.3 is 0 Å². The molecule has 0 aliphatic carbocycles. The Balaban J connectivity index is 0.00000401. The average Bonchev–Trinajstić information content (AvgIpc) is 3.11. The normalized spacial score (nSPS) is 11.7. The second-order valence-electron chi connectivity index (χ2n) is 14.1. The molecule has 6 aromatic carbocycles. The zero-order valence-electron chi connectivity index (χ0n) is 28.2. The maximum Gasteiger partial charge on any atom is 0.0167 e. The summed E-state index contributed by atoms with van der Waals surface area (Å²) in [5, 5.41) is 2.31. The van der Waals surface area contributed by atoms with Crippen LogP contribution in [0.15, 0.2) is 152 Å². The van der Waals surface area contributed by atoms with E-state index in [0.717, 1.165) is 22.2 Å². The van der Waals surface area contributed by atoms with Crippen LogP contribution in [0.3, 0.4) is 0 Å². The Labute approximate surface area is 299 Å². The third-order valence-electron chi connectivity index (χ3n) is 9.52. The molecular weight excluding hydrogens is 759 g/mol. The van der Waals surface area contributed by atoms with E-state index in [1.165, 1.54) is 49.9 Å². The standard InChI is InChI=1S/C46H40N.Ir/c1-45(2,3)40-22-18-32(19-23-40)37-29-38(33-20-24-42(25-21-33)46(4,5)41-15-7-6-8-16-41)31-39(30-37)35-13-11-14-36(28-35)44-43-17-10-9-12-34(43)26-27-47-44;/h6-13,15-31H,1-5H3;/q-1;. The van der Waals surface area contributed by atoms with Gasteiger partial charge in [-0.1, -0.05) is 138 Å². The van der Waals surface area contributed by atoms with Gasteiger partial charge in [0.2, 0.25) is 0 Å². The third-order valence-corrected chi connectivity index (χ3v) is 9.52. The van der Waals surface area contributed by atoms with Crippen molar-refractivity contribution in [2.75, 3.05) is 0 Å². The van der Waals surface area contributed by atoms with Gasteiger partial charge in [-0.2, -0.15) is 0 Å². The van der Waals surface area contributed by atoms with Crippen LogP contribution in [0.4, 0.5) is 0 Å². The minimum Gasteiger partial charge on any atom is -0.304 e. The van der Waals surface area contributed by atoms with Crippen molar-refractivity contribution in [1.29, 1.82) is 0 Å². The molecule has 1 radical (unpaired) electrons. The maximum atomic E-state index is 4.79. The molecule has 7 rings (SSSR count). The van der Waals surface area contributed by atoms with E-state index in [9.17, 15) is 0 Å². The van der Waals surface area contributed by atoms with Gasteiger partial charge in [0, 0.05) is 31.7 Å². The summed E-state index contributed by atoms with van der Waals surface area (Å²) in [6.07, 6.45) is 1.89. The van der Waals surface area contributed by atoms with Crippen LogP contribution in [-0.2, 0) is 30.9 Å². The van der Waals surface area contributed by atoms with Crippen molar-refractivity contribution in [2.24, 2.45) is 0 Å². The van der Waals surface area contributed by atoms with Crippen LogP contribution >= 0.6 is 0 Å². The van der Waals surface area contributed by atoms with E-state index >= 15 is 0 Å². The van der Waals surface area contributed by atoms with Gasteiger partial charge in [-0.15, -0.1) is 35.4 Å². The number of nitrogens with zero attached hydrogens (tertiary/aromatic N) is 1. The molecule has 1 nitrogen and oxygen atoms in total. The van der Waals surface area contributed by atoms with Crippen LogP contribution in [0.2, 0.25) is 0 Å². The molecule has 2 heteroatoms. The number of rotatable bonds is 6. The molecule has 7 aromatic rings. The van der Waals surface area contributed by atoms with Crippen LogP contribution in [0, 0.1) is 6.07 Å². The van der Waals surface area contributed by atoms with Gasteiger partial charge in [0.25, 0.3) is 0 Å². The van der Waals surface area contributed by atoms with Gasteiger partial charge in [0.15, 0.2) is 0 Å². The predicted octanol–water partition coefficient (Wildman–Crippen LogP) is 12.3. The fourth-order valence-corrected chi connectivity index (χ4v) is 6.51. The minimum atomic E-state index is -0.0891. The van der Waals surface area contributed by atoms with Crippen molar-refractivity contribution in [2.45, 2.75) is 45.4 Å². The summed E-state index contributed by atoms with van der Waals surface area (Å²) in [7, 11) is 0. The molecule has 0 saturated carbocycles. The molecule has 0 aliphatic heterocycles. The van der Waals surface area contributed by atoms with Crippen molar-refractivity contribution in [3.05, 3.63) is 175 Å². The van der Waals surface area contributed by atoms with Crippen molar-refractivity contribution < 1.29 is 20.1 Å². The fraction of sp³-hybridized carbons (Fsp3) is 0.152. The number of hydrogen-bond acceptors (Lipinski definition) is 1. The van der Waals surface area contributed by atoms with Gasteiger partial charge in [0.05, 0.1) is 0 Å². The Hall–Kier alpha value is -4.62. The first kappa shape index (κ1) is 33.3. The van der Waals surface area contributed by atoms with Gasteiger partial charge in [-0.3, -0.25) is 0 Å². The van der Waals surface area contributed by atoms with Crippen molar-refractivity contribution in [1.82, 2.24) is 4.98 Å². The second-order valence-corrected chi connectivity index (χ2v) is 14.1. The van der Waals surface area contributed by atoms with Crippen molar-refractivity contribution >= 4 is 10.8 Å². The Bertz CT molecular complexity index is 2170. The number of benzene rings is 6. The first-order valence-electron chi connectivity index (χ1n) is 16.5. The molecule has 0 aliphatic rings. The molecule has 0 N–H and O–H groups in total. The first-order chi connectivity index (χ1) is 22.7. The maximum absolute atomic E-state index is 4.79. The second kappa shape index (κ2) is 13.5. The average molecular weight is 799 g/mol. The zero-order valence-corrected chi connectivity index (χ0v) is 30.6. The predicted molar refractivity (Wildman–Crippen MR) is 200 cm³/mol. The summed E-state index contributed by atoms with van der Waals surface area (Å²) in [5.41, 5.74) is 13.0. The molecule has 0 unspecified atom stereocenters. The molecule has 0 saturated heterocycles. The molecule has 0 atom stereocenters. The van der Waals surface area contributed by atoms with Crippen LogP contribution in [0.25, 0.3) is 55.4 Å². The summed E-state index contributed by atoms with van der Waals surface area (Å²) in [6, 6.07) is 56.3. The summed E-state index contributed by atoms with van der Waals surface area (Å²) in [5.74, 6) is 0. The van der Waals surface area contributed by atoms with E-state index in [1.807, 2.05) is 12.3 Å². The van der Waals surface area contributed by atoms with Crippen LogP contribution < -0.4 is 0 Å². The SMILES string of the molecule is CC(C)(C)c1ccc(-c2cc(-c3ccc(C(C)(C)c4ccccc4)cc3)cc(-c3cc[c-]c(-c4nccc5ccccc45)c3)c2)cc1.[Ir]. The van der Waals surface area contributed by atoms with E-state index in [-0.39, 0.29) is 30.9 Å². The Morgan fingerprint density at radius 3 is 1.65 bits per heavy atom. The first-order valence-corrected chi connectivity index (χ1v) is 16.5. The van der Waals surface area contributed by atoms with E-state index in [2.05, 4.69) is 180 Å². The number of pyridine rings is 1. The van der Waals surface area contributed by atoms with E-state index in [4.69, 9.17) is 4.98 Å². The van der Waals surface area contributed by atoms with Crippen LogP contribution in [-0.4, -0.2) is 4.98 Å². The number of hydrogen-bond donors (Lipinski definition) is 0. The molecular formula is C46H40IrN-. The quantitative estimate of drug-likeness (QED) is 0.153. The van der Waals surface area contributed by atoms with Crippen LogP contribution in [0.1, 0.15) is 51.3 Å². The molecule has 0 spiro atoms. The molecule has 0 amide bonds.